The molecule has 0 radical (unpaired) electrons. The molecule has 5 nitrogen and oxygen atoms in total. The normalized spacial score (nSPS) is 18.8. The van der Waals surface area contributed by atoms with Gasteiger partial charge in [-0.3, -0.25) is 9.59 Å². The van der Waals surface area contributed by atoms with E-state index in [4.69, 9.17) is 0 Å². The van der Waals surface area contributed by atoms with Crippen molar-refractivity contribution < 1.29 is 14.3 Å². The van der Waals surface area contributed by atoms with E-state index in [-0.39, 0.29) is 11.9 Å². The van der Waals surface area contributed by atoms with Gasteiger partial charge in [0.2, 0.25) is 0 Å². The molecule has 0 unspecified atom stereocenters. The van der Waals surface area contributed by atoms with Gasteiger partial charge in [0, 0.05) is 25.1 Å². The van der Waals surface area contributed by atoms with Crippen molar-refractivity contribution in [2.75, 3.05) is 33.3 Å². The minimum Gasteiger partial charge on any atom is -0.469 e. The van der Waals surface area contributed by atoms with Gasteiger partial charge >= 0.3 is 5.97 Å². The first-order valence-corrected chi connectivity index (χ1v) is 10.8. The topological polar surface area (TPSA) is 58.6 Å². The van der Waals surface area contributed by atoms with Crippen molar-refractivity contribution in [1.29, 1.82) is 0 Å². The van der Waals surface area contributed by atoms with E-state index in [0.29, 0.717) is 18.3 Å². The molecule has 0 aliphatic carbocycles. The summed E-state index contributed by atoms with van der Waals surface area (Å²) < 4.78 is 4.68. The molecule has 3 rings (SSSR count). The molecule has 154 valence electrons. The average Bonchev–Trinajstić information content (AvgIpc) is 2.77. The number of methoxy groups -OCH3 is 1. The first kappa shape index (κ1) is 20.8. The molecule has 2 aliphatic heterocycles. The number of esters is 1. The van der Waals surface area contributed by atoms with Crippen LogP contribution in [0.1, 0.15) is 73.2 Å². The molecule has 1 N–H and O–H groups in total. The quantitative estimate of drug-likeness (QED) is 0.573. The monoisotopic (exact) mass is 386 g/mol. The van der Waals surface area contributed by atoms with Crippen molar-refractivity contribution in [3.8, 4) is 0 Å². The van der Waals surface area contributed by atoms with Crippen LogP contribution in [0.4, 0.5) is 0 Å². The number of amides is 1. The Morgan fingerprint density at radius 2 is 1.71 bits per heavy atom. The minimum absolute atomic E-state index is 0.119. The fourth-order valence-electron chi connectivity index (χ4n) is 4.46. The van der Waals surface area contributed by atoms with Gasteiger partial charge in [-0.15, -0.1) is 0 Å². The molecule has 2 fully saturated rings. The van der Waals surface area contributed by atoms with Gasteiger partial charge in [-0.2, -0.15) is 0 Å². The van der Waals surface area contributed by atoms with Gasteiger partial charge in [-0.1, -0.05) is 25.0 Å². The number of benzene rings is 1. The number of carbonyl (C=O) groups is 2. The molecule has 2 saturated heterocycles. The Kier molecular flexibility index (Phi) is 7.90. The highest BCUT2D eigenvalue weighted by Gasteiger charge is 2.24. The van der Waals surface area contributed by atoms with E-state index in [1.165, 1.54) is 25.5 Å². The van der Waals surface area contributed by atoms with Crippen molar-refractivity contribution in [2.45, 2.75) is 57.3 Å². The van der Waals surface area contributed by atoms with Crippen molar-refractivity contribution in [3.05, 3.63) is 35.4 Å². The SMILES string of the molecule is COC(=O)CCCCC1CCN(C(=O)c2ccc(C3CCNCC3)cc2)CC1. The molecule has 0 bridgehead atoms. The van der Waals surface area contributed by atoms with E-state index in [9.17, 15) is 9.59 Å². The third kappa shape index (κ3) is 5.81. The van der Waals surface area contributed by atoms with Crippen molar-refractivity contribution in [2.24, 2.45) is 5.92 Å². The molecule has 1 aromatic rings. The fourth-order valence-corrected chi connectivity index (χ4v) is 4.46. The van der Waals surface area contributed by atoms with E-state index in [1.807, 2.05) is 17.0 Å². The molecule has 0 saturated carbocycles. The summed E-state index contributed by atoms with van der Waals surface area (Å²) in [5.74, 6) is 1.34. The first-order valence-electron chi connectivity index (χ1n) is 10.8. The van der Waals surface area contributed by atoms with Gasteiger partial charge in [-0.25, -0.2) is 0 Å². The molecule has 2 heterocycles. The van der Waals surface area contributed by atoms with Crippen molar-refractivity contribution in [3.63, 3.8) is 0 Å². The Balaban J connectivity index is 1.41. The summed E-state index contributed by atoms with van der Waals surface area (Å²) in [6, 6.07) is 8.33. The Hall–Kier alpha value is -1.88. The lowest BCUT2D eigenvalue weighted by molar-refractivity contribution is -0.140. The molecule has 1 amide bonds. The third-order valence-electron chi connectivity index (χ3n) is 6.34. The zero-order valence-electron chi connectivity index (χ0n) is 17.1. The van der Waals surface area contributed by atoms with Gasteiger partial charge in [-0.05, 0) is 74.7 Å². The molecule has 0 spiro atoms. The van der Waals surface area contributed by atoms with Crippen LogP contribution in [0, 0.1) is 5.92 Å². The number of ether oxygens (including phenoxy) is 1. The number of rotatable bonds is 7. The Bertz CT molecular complexity index is 630. The summed E-state index contributed by atoms with van der Waals surface area (Å²) >= 11 is 0. The summed E-state index contributed by atoms with van der Waals surface area (Å²) in [5.41, 5.74) is 2.18. The molecule has 0 aromatic heterocycles. The molecule has 1 aromatic carbocycles. The lowest BCUT2D eigenvalue weighted by Gasteiger charge is -2.32. The van der Waals surface area contributed by atoms with Crippen LogP contribution in [-0.4, -0.2) is 50.1 Å². The molecular formula is C23H34N2O3. The van der Waals surface area contributed by atoms with Crippen LogP contribution in [0.5, 0.6) is 0 Å². The Morgan fingerprint density at radius 3 is 2.36 bits per heavy atom. The van der Waals surface area contributed by atoms with Gasteiger partial charge in [0.1, 0.15) is 0 Å². The fraction of sp³-hybridized carbons (Fsp3) is 0.652. The summed E-state index contributed by atoms with van der Waals surface area (Å²) in [6.07, 6.45) is 8.11. The summed E-state index contributed by atoms with van der Waals surface area (Å²) in [4.78, 5) is 26.0. The number of hydrogen-bond acceptors (Lipinski definition) is 4. The van der Waals surface area contributed by atoms with E-state index in [1.54, 1.807) is 0 Å². The third-order valence-corrected chi connectivity index (χ3v) is 6.34. The molecule has 2 aliphatic rings. The molecule has 0 atom stereocenters. The maximum Gasteiger partial charge on any atom is 0.305 e. The number of hydrogen-bond donors (Lipinski definition) is 1. The van der Waals surface area contributed by atoms with Gasteiger partial charge in [0.05, 0.1) is 7.11 Å². The second kappa shape index (κ2) is 10.6. The number of unbranched alkanes of at least 4 members (excludes halogenated alkanes) is 1. The zero-order valence-corrected chi connectivity index (χ0v) is 17.1. The second-order valence-corrected chi connectivity index (χ2v) is 8.20. The van der Waals surface area contributed by atoms with Crippen LogP contribution >= 0.6 is 0 Å². The number of likely N-dealkylation sites (tertiary alicyclic amines) is 1. The number of nitrogens with one attached hydrogen (secondary N) is 1. The van der Waals surface area contributed by atoms with E-state index in [2.05, 4.69) is 22.2 Å². The Morgan fingerprint density at radius 1 is 1.04 bits per heavy atom. The maximum absolute atomic E-state index is 12.8. The van der Waals surface area contributed by atoms with Gasteiger partial charge in [0.15, 0.2) is 0 Å². The second-order valence-electron chi connectivity index (χ2n) is 8.20. The maximum atomic E-state index is 12.8. The van der Waals surface area contributed by atoms with Crippen molar-refractivity contribution in [1.82, 2.24) is 10.2 Å². The lowest BCUT2D eigenvalue weighted by Crippen LogP contribution is -2.38. The summed E-state index contributed by atoms with van der Waals surface area (Å²) in [6.45, 7) is 3.86. The standard InChI is InChI=1S/C23H34N2O3/c1-28-22(26)5-3-2-4-18-12-16-25(17-13-18)23(27)21-8-6-19(7-9-21)20-10-14-24-15-11-20/h6-9,18,20,24H,2-5,10-17H2,1H3. The van der Waals surface area contributed by atoms with Crippen LogP contribution in [0.3, 0.4) is 0 Å². The van der Waals surface area contributed by atoms with Crippen LogP contribution < -0.4 is 5.32 Å². The van der Waals surface area contributed by atoms with E-state index >= 15 is 0 Å². The van der Waals surface area contributed by atoms with E-state index < -0.39 is 0 Å². The predicted octanol–water partition coefficient (Wildman–Crippen LogP) is 3.74. The largest absolute Gasteiger partial charge is 0.469 e. The summed E-state index contributed by atoms with van der Waals surface area (Å²) in [7, 11) is 1.44. The molecular weight excluding hydrogens is 352 g/mol. The zero-order chi connectivity index (χ0) is 19.8. The van der Waals surface area contributed by atoms with Crippen LogP contribution in [0.2, 0.25) is 0 Å². The lowest BCUT2D eigenvalue weighted by atomic mass is 9.89. The van der Waals surface area contributed by atoms with Crippen LogP contribution in [0.25, 0.3) is 0 Å². The van der Waals surface area contributed by atoms with Gasteiger partial charge < -0.3 is 15.0 Å². The predicted molar refractivity (Wildman–Crippen MR) is 110 cm³/mol. The minimum atomic E-state index is -0.119. The average molecular weight is 387 g/mol. The molecule has 5 heteroatoms. The van der Waals surface area contributed by atoms with Crippen molar-refractivity contribution >= 4 is 11.9 Å². The summed E-state index contributed by atoms with van der Waals surface area (Å²) in [5, 5.41) is 3.40. The van der Waals surface area contributed by atoms with E-state index in [0.717, 1.165) is 63.8 Å². The number of nitrogens with zero attached hydrogens (tertiary/aromatic N) is 1. The first-order chi connectivity index (χ1) is 13.7. The smallest absolute Gasteiger partial charge is 0.305 e. The number of carbonyl (C=O) groups excluding carboxylic acids is 2. The van der Waals surface area contributed by atoms with Crippen LogP contribution in [0.15, 0.2) is 24.3 Å². The highest BCUT2D eigenvalue weighted by Crippen LogP contribution is 2.27. The van der Waals surface area contributed by atoms with Gasteiger partial charge in [0.25, 0.3) is 5.91 Å². The Labute approximate surface area is 168 Å². The highest BCUT2D eigenvalue weighted by molar-refractivity contribution is 5.94. The highest BCUT2D eigenvalue weighted by atomic mass is 16.5. The molecule has 28 heavy (non-hydrogen) atoms. The van der Waals surface area contributed by atoms with Crippen LogP contribution in [-0.2, 0) is 9.53 Å². The number of piperidine rings is 2.